The number of ether oxygens (including phenoxy) is 1. The maximum atomic E-state index is 13.2. The number of fused-ring (bicyclic) bond motifs is 2. The summed E-state index contributed by atoms with van der Waals surface area (Å²) in [7, 11) is 1.55. The second-order valence-corrected chi connectivity index (χ2v) is 9.56. The van der Waals surface area contributed by atoms with Crippen molar-refractivity contribution in [3.8, 4) is 5.75 Å². The maximum absolute atomic E-state index is 13.2. The number of amides is 3. The lowest BCUT2D eigenvalue weighted by Gasteiger charge is -2.55. The van der Waals surface area contributed by atoms with Gasteiger partial charge in [0.1, 0.15) is 5.75 Å². The third-order valence-corrected chi connectivity index (χ3v) is 6.41. The highest BCUT2D eigenvalue weighted by Crippen LogP contribution is 2.58. The van der Waals surface area contributed by atoms with Crippen LogP contribution in [0.4, 0.5) is 5.69 Å². The monoisotopic (exact) mass is 400 g/mol. The van der Waals surface area contributed by atoms with Gasteiger partial charge in [0.15, 0.2) is 0 Å². The number of hydrogen-bond acceptors (Lipinski definition) is 4. The zero-order chi connectivity index (χ0) is 21.4. The van der Waals surface area contributed by atoms with Crippen LogP contribution >= 0.6 is 0 Å². The number of likely N-dealkylation sites (tertiary alicyclic amines) is 1. The molecule has 1 aromatic rings. The van der Waals surface area contributed by atoms with Crippen LogP contribution in [0.1, 0.15) is 59.8 Å². The molecule has 3 amide bonds. The standard InChI is InChI=1S/C23H32N2O4/c1-6-7-12-29-17-10-8-16(9-11-17)24-18(26)21(2)13-22(3)15-23(4,14-21)20(28)25(5)19(22)27/h8-11H,6-7,12-15H2,1-5H3,(H,24,26). The SMILES string of the molecule is CCCCOc1ccc(NC(=O)C2(C)CC3(C)CC(C)(C2)C(=O)N(C)C3=O)cc1. The summed E-state index contributed by atoms with van der Waals surface area (Å²) in [5, 5.41) is 2.98. The normalized spacial score (nSPS) is 31.6. The van der Waals surface area contributed by atoms with Crippen molar-refractivity contribution in [1.82, 2.24) is 4.90 Å². The lowest BCUT2D eigenvalue weighted by Crippen LogP contribution is -2.63. The van der Waals surface area contributed by atoms with Crippen molar-refractivity contribution in [3.05, 3.63) is 24.3 Å². The molecule has 2 atom stereocenters. The van der Waals surface area contributed by atoms with Crippen molar-refractivity contribution in [2.75, 3.05) is 19.0 Å². The number of nitrogens with zero attached hydrogens (tertiary/aromatic N) is 1. The van der Waals surface area contributed by atoms with E-state index < -0.39 is 16.2 Å². The zero-order valence-electron chi connectivity index (χ0n) is 18.1. The summed E-state index contributed by atoms with van der Waals surface area (Å²) >= 11 is 0. The van der Waals surface area contributed by atoms with Gasteiger partial charge in [0, 0.05) is 29.0 Å². The fourth-order valence-corrected chi connectivity index (χ4v) is 5.39. The molecule has 1 aromatic carbocycles. The van der Waals surface area contributed by atoms with E-state index in [1.165, 1.54) is 4.90 Å². The Bertz CT molecular complexity index is 789. The Labute approximate surface area is 173 Å². The molecule has 6 nitrogen and oxygen atoms in total. The molecule has 1 saturated heterocycles. The molecule has 6 heteroatoms. The molecule has 158 valence electrons. The van der Waals surface area contributed by atoms with Crippen molar-refractivity contribution in [2.24, 2.45) is 16.2 Å². The van der Waals surface area contributed by atoms with E-state index >= 15 is 0 Å². The van der Waals surface area contributed by atoms with Crippen LogP contribution in [0.5, 0.6) is 5.75 Å². The molecule has 2 fully saturated rings. The number of hydrogen-bond donors (Lipinski definition) is 1. The topological polar surface area (TPSA) is 75.7 Å². The molecule has 2 bridgehead atoms. The lowest BCUT2D eigenvalue weighted by molar-refractivity contribution is -0.177. The quantitative estimate of drug-likeness (QED) is 0.578. The Morgan fingerprint density at radius 2 is 1.59 bits per heavy atom. The summed E-state index contributed by atoms with van der Waals surface area (Å²) in [4.78, 5) is 40.0. The van der Waals surface area contributed by atoms with E-state index in [1.807, 2.05) is 45.0 Å². The van der Waals surface area contributed by atoms with Crippen molar-refractivity contribution in [3.63, 3.8) is 0 Å². The van der Waals surface area contributed by atoms with Gasteiger partial charge < -0.3 is 10.1 Å². The third kappa shape index (κ3) is 3.89. The fourth-order valence-electron chi connectivity index (χ4n) is 5.39. The molecule has 0 spiro atoms. The molecular weight excluding hydrogens is 368 g/mol. The van der Waals surface area contributed by atoms with E-state index in [0.29, 0.717) is 31.6 Å². The number of piperidine rings is 1. The number of carbonyl (C=O) groups excluding carboxylic acids is 3. The first-order valence-corrected chi connectivity index (χ1v) is 10.4. The smallest absolute Gasteiger partial charge is 0.234 e. The average Bonchev–Trinajstić information content (AvgIpc) is 2.66. The minimum atomic E-state index is -0.801. The largest absolute Gasteiger partial charge is 0.494 e. The van der Waals surface area contributed by atoms with Crippen molar-refractivity contribution in [1.29, 1.82) is 0 Å². The van der Waals surface area contributed by atoms with Crippen LogP contribution in [0.3, 0.4) is 0 Å². The van der Waals surface area contributed by atoms with Crippen LogP contribution in [0, 0.1) is 16.2 Å². The lowest BCUT2D eigenvalue weighted by atomic mass is 9.51. The number of nitrogens with one attached hydrogen (secondary N) is 1. The molecule has 1 heterocycles. The Balaban J connectivity index is 1.75. The summed E-state index contributed by atoms with van der Waals surface area (Å²) in [6, 6.07) is 7.32. The second kappa shape index (κ2) is 7.47. The molecule has 0 aromatic heterocycles. The van der Waals surface area contributed by atoms with Crippen LogP contribution in [-0.4, -0.2) is 36.3 Å². The van der Waals surface area contributed by atoms with Crippen LogP contribution in [0.2, 0.25) is 0 Å². The number of carbonyl (C=O) groups is 3. The highest BCUT2D eigenvalue weighted by atomic mass is 16.5. The number of imide groups is 1. The predicted molar refractivity (Wildman–Crippen MR) is 111 cm³/mol. The molecule has 1 aliphatic heterocycles. The first kappa shape index (κ1) is 21.3. The maximum Gasteiger partial charge on any atom is 0.234 e. The predicted octanol–water partition coefficient (Wildman–Crippen LogP) is 4.01. The van der Waals surface area contributed by atoms with E-state index in [1.54, 1.807) is 7.05 Å². The average molecular weight is 401 g/mol. The highest BCUT2D eigenvalue weighted by Gasteiger charge is 2.62. The van der Waals surface area contributed by atoms with Gasteiger partial charge in [-0.15, -0.1) is 0 Å². The zero-order valence-corrected chi connectivity index (χ0v) is 18.1. The number of benzene rings is 1. The second-order valence-electron chi connectivity index (χ2n) is 9.56. The summed E-state index contributed by atoms with van der Waals surface area (Å²) in [6.45, 7) is 8.41. The van der Waals surface area contributed by atoms with Gasteiger partial charge in [0.2, 0.25) is 17.7 Å². The molecule has 2 aliphatic rings. The van der Waals surface area contributed by atoms with Crippen LogP contribution in [-0.2, 0) is 14.4 Å². The van der Waals surface area contributed by atoms with E-state index in [0.717, 1.165) is 18.6 Å². The van der Waals surface area contributed by atoms with Gasteiger partial charge in [-0.2, -0.15) is 0 Å². The van der Waals surface area contributed by atoms with Crippen LogP contribution in [0.25, 0.3) is 0 Å². The molecule has 1 N–H and O–H groups in total. The molecular formula is C23H32N2O4. The van der Waals surface area contributed by atoms with E-state index in [2.05, 4.69) is 12.2 Å². The van der Waals surface area contributed by atoms with E-state index in [9.17, 15) is 14.4 Å². The van der Waals surface area contributed by atoms with Gasteiger partial charge in [-0.05, 0) is 49.9 Å². The first-order chi connectivity index (χ1) is 13.5. The molecule has 1 saturated carbocycles. The Morgan fingerprint density at radius 3 is 2.10 bits per heavy atom. The first-order valence-electron chi connectivity index (χ1n) is 10.4. The minimum Gasteiger partial charge on any atom is -0.494 e. The van der Waals surface area contributed by atoms with Gasteiger partial charge in [0.05, 0.1) is 6.61 Å². The fraction of sp³-hybridized carbons (Fsp3) is 0.609. The van der Waals surface area contributed by atoms with Gasteiger partial charge in [-0.3, -0.25) is 19.3 Å². The van der Waals surface area contributed by atoms with E-state index in [4.69, 9.17) is 4.74 Å². The molecule has 3 rings (SSSR count). The van der Waals surface area contributed by atoms with Crippen LogP contribution in [0.15, 0.2) is 24.3 Å². The van der Waals surface area contributed by atoms with Crippen molar-refractivity contribution in [2.45, 2.75) is 59.8 Å². The molecule has 0 radical (unpaired) electrons. The summed E-state index contributed by atoms with van der Waals surface area (Å²) < 4.78 is 5.66. The van der Waals surface area contributed by atoms with Crippen LogP contribution < -0.4 is 10.1 Å². The third-order valence-electron chi connectivity index (χ3n) is 6.41. The van der Waals surface area contributed by atoms with E-state index in [-0.39, 0.29) is 17.7 Å². The summed E-state index contributed by atoms with van der Waals surface area (Å²) in [5.41, 5.74) is -1.54. The van der Waals surface area contributed by atoms with Crippen molar-refractivity contribution < 1.29 is 19.1 Å². The van der Waals surface area contributed by atoms with Gasteiger partial charge in [-0.25, -0.2) is 0 Å². The summed E-state index contributed by atoms with van der Waals surface area (Å²) in [5.74, 6) is 0.244. The van der Waals surface area contributed by atoms with Gasteiger partial charge in [0.25, 0.3) is 0 Å². The Kier molecular flexibility index (Phi) is 5.50. The molecule has 2 unspecified atom stereocenters. The Morgan fingerprint density at radius 1 is 1.03 bits per heavy atom. The molecule has 29 heavy (non-hydrogen) atoms. The van der Waals surface area contributed by atoms with Gasteiger partial charge >= 0.3 is 0 Å². The minimum absolute atomic E-state index is 0.153. The number of rotatable bonds is 6. The number of anilines is 1. The Hall–Kier alpha value is -2.37. The highest BCUT2D eigenvalue weighted by molar-refractivity contribution is 6.05. The van der Waals surface area contributed by atoms with Gasteiger partial charge in [-0.1, -0.05) is 34.1 Å². The summed E-state index contributed by atoms with van der Waals surface area (Å²) in [6.07, 6.45) is 3.42. The number of unbranched alkanes of at least 4 members (excludes halogenated alkanes) is 1. The van der Waals surface area contributed by atoms with Crippen molar-refractivity contribution >= 4 is 23.4 Å². The molecule has 1 aliphatic carbocycles.